The van der Waals surface area contributed by atoms with E-state index in [0.29, 0.717) is 0 Å². The molecular weight excluding hydrogens is 152 g/mol. The van der Waals surface area contributed by atoms with Crippen LogP contribution in [0.5, 0.6) is 0 Å². The van der Waals surface area contributed by atoms with Gasteiger partial charge in [-0.2, -0.15) is 0 Å². The molecule has 8 heteroatoms. The molecule has 0 saturated carbocycles. The lowest BCUT2D eigenvalue weighted by atomic mass is 11.7. The van der Waals surface area contributed by atoms with Gasteiger partial charge in [0.25, 0.3) is 0 Å². The van der Waals surface area contributed by atoms with Crippen molar-refractivity contribution in [3.8, 4) is 0 Å². The molecule has 0 saturated heterocycles. The number of nitro groups is 1. The Bertz CT molecular complexity index is 193. The molecule has 7 nitrogen and oxygen atoms in total. The predicted molar refractivity (Wildman–Crippen MR) is 26.1 cm³/mol. The molecule has 0 heterocycles. The minimum absolute atomic E-state index is 0.959. The Hall–Kier alpha value is -0.730. The van der Waals surface area contributed by atoms with Crippen LogP contribution in [0.3, 0.4) is 0 Å². The summed E-state index contributed by atoms with van der Waals surface area (Å²) < 4.78 is 18.5. The summed E-state index contributed by atoms with van der Waals surface area (Å²) in [4.78, 5) is 14.5. The van der Waals surface area contributed by atoms with Crippen molar-refractivity contribution < 1.29 is 17.6 Å². The molecule has 0 aliphatic carbocycles. The average Bonchev–Trinajstić information content (AvgIpc) is 1.65. The van der Waals surface area contributed by atoms with Gasteiger partial charge in [-0.15, -0.1) is 8.42 Å². The number of rotatable bonds is 3. The maximum absolute atomic E-state index is 10.00. The van der Waals surface area contributed by atoms with Gasteiger partial charge >= 0.3 is 10.2 Å². The molecule has 0 aromatic rings. The van der Waals surface area contributed by atoms with Crippen molar-refractivity contribution in [3.05, 3.63) is 10.1 Å². The minimum Gasteiger partial charge on any atom is -0.286 e. The van der Waals surface area contributed by atoms with Crippen LogP contribution in [0.4, 0.5) is 0 Å². The van der Waals surface area contributed by atoms with Crippen molar-refractivity contribution in [2.45, 2.75) is 0 Å². The maximum Gasteiger partial charge on any atom is 0.518 e. The largest absolute Gasteiger partial charge is 0.518 e. The zero-order valence-electron chi connectivity index (χ0n) is 4.40. The highest BCUT2D eigenvalue weighted by Gasteiger charge is 2.22. The Morgan fingerprint density at radius 2 is 2.11 bits per heavy atom. The molecular formula is CH4N2O5S. The molecule has 0 unspecified atom stereocenters. The van der Waals surface area contributed by atoms with E-state index in [-0.39, 0.29) is 0 Å². The first-order valence-corrected chi connectivity index (χ1v) is 3.14. The second-order valence-electron chi connectivity index (χ2n) is 0.986. The van der Waals surface area contributed by atoms with Gasteiger partial charge in [0.05, 0.1) is 7.11 Å². The quantitative estimate of drug-likeness (QED) is 0.402. The van der Waals surface area contributed by atoms with Crippen LogP contribution < -0.4 is 4.89 Å². The number of hydrogen-bond donors (Lipinski definition) is 1. The lowest BCUT2D eigenvalue weighted by Gasteiger charge is -1.91. The number of hydrogen-bond acceptors (Lipinski definition) is 5. The summed E-state index contributed by atoms with van der Waals surface area (Å²) in [6.07, 6.45) is 0. The fourth-order valence-electron chi connectivity index (χ4n) is 0.136. The van der Waals surface area contributed by atoms with Gasteiger partial charge in [0.1, 0.15) is 0 Å². The number of nitrogens with zero attached hydrogens (tertiary/aromatic N) is 1. The molecule has 0 aliphatic heterocycles. The monoisotopic (exact) mass is 156 g/mol. The van der Waals surface area contributed by atoms with Gasteiger partial charge in [-0.1, -0.05) is 0 Å². The van der Waals surface area contributed by atoms with Gasteiger partial charge in [0.2, 0.25) is 0 Å². The van der Waals surface area contributed by atoms with E-state index in [2.05, 4.69) is 4.84 Å². The van der Waals surface area contributed by atoms with Crippen molar-refractivity contribution >= 4 is 10.2 Å². The molecule has 0 spiro atoms. The Labute approximate surface area is 50.9 Å². The summed E-state index contributed by atoms with van der Waals surface area (Å²) in [5.74, 6) is 0. The first kappa shape index (κ1) is 8.27. The van der Waals surface area contributed by atoms with E-state index >= 15 is 0 Å². The highest BCUT2D eigenvalue weighted by Crippen LogP contribution is 1.81. The standard InChI is InChI=1S/CH4N2O5S/c1-8-2-9(6,7)3(4)5/h2H,1H3. The minimum atomic E-state index is -4.50. The van der Waals surface area contributed by atoms with E-state index in [0.717, 1.165) is 7.11 Å². The third-order valence-electron chi connectivity index (χ3n) is 0.385. The zero-order chi connectivity index (χ0) is 7.49. The van der Waals surface area contributed by atoms with Crippen LogP contribution in [0.25, 0.3) is 0 Å². The molecule has 0 amide bonds. The molecule has 1 N–H and O–H groups in total. The van der Waals surface area contributed by atoms with Crippen molar-refractivity contribution in [3.63, 3.8) is 0 Å². The molecule has 0 atom stereocenters. The Kier molecular flexibility index (Phi) is 2.49. The molecule has 0 aromatic heterocycles. The predicted octanol–water partition coefficient (Wildman–Crippen LogP) is -1.34. The first-order chi connectivity index (χ1) is 4.00. The van der Waals surface area contributed by atoms with Crippen molar-refractivity contribution in [1.82, 2.24) is 4.89 Å². The highest BCUT2D eigenvalue weighted by molar-refractivity contribution is 7.83. The summed E-state index contributed by atoms with van der Waals surface area (Å²) >= 11 is 0. The Morgan fingerprint density at radius 3 is 2.22 bits per heavy atom. The second-order valence-corrected chi connectivity index (χ2v) is 2.40. The van der Waals surface area contributed by atoms with E-state index in [1.54, 1.807) is 0 Å². The zero-order valence-corrected chi connectivity index (χ0v) is 5.21. The van der Waals surface area contributed by atoms with Gasteiger partial charge < -0.3 is 0 Å². The summed E-state index contributed by atoms with van der Waals surface area (Å²) in [7, 11) is -3.54. The van der Waals surface area contributed by atoms with Gasteiger partial charge in [-0.05, 0) is 4.89 Å². The van der Waals surface area contributed by atoms with Crippen molar-refractivity contribution in [2.24, 2.45) is 0 Å². The van der Waals surface area contributed by atoms with Crippen LogP contribution >= 0.6 is 0 Å². The SMILES string of the molecule is CONS(=O)(=O)[N+](=O)[O-]. The van der Waals surface area contributed by atoms with E-state index in [1.807, 2.05) is 0 Å². The van der Waals surface area contributed by atoms with Gasteiger partial charge in [-0.3, -0.25) is 4.84 Å². The van der Waals surface area contributed by atoms with Crippen LogP contribution in [0.1, 0.15) is 0 Å². The van der Waals surface area contributed by atoms with Crippen LogP contribution in [0, 0.1) is 10.1 Å². The summed E-state index contributed by atoms with van der Waals surface area (Å²) in [5.41, 5.74) is 0. The second kappa shape index (κ2) is 2.71. The number of nitrogens with one attached hydrogen (secondary N) is 1. The Morgan fingerprint density at radius 1 is 1.67 bits per heavy atom. The van der Waals surface area contributed by atoms with Crippen LogP contribution in [-0.4, -0.2) is 19.9 Å². The smallest absolute Gasteiger partial charge is 0.286 e. The molecule has 54 valence electrons. The lowest BCUT2D eigenvalue weighted by Crippen LogP contribution is -2.28. The summed E-state index contributed by atoms with van der Waals surface area (Å²) in [5, 5.41) is 9.49. The maximum atomic E-state index is 10.00. The molecule has 0 fully saturated rings. The van der Waals surface area contributed by atoms with Gasteiger partial charge in [0, 0.05) is 0 Å². The Balaban J connectivity index is 4.23. The normalized spacial score (nSPS) is 11.2. The van der Waals surface area contributed by atoms with Crippen molar-refractivity contribution in [1.29, 1.82) is 0 Å². The molecule has 0 aromatic carbocycles. The van der Waals surface area contributed by atoms with E-state index < -0.39 is 14.5 Å². The fraction of sp³-hybridized carbons (Fsp3) is 1.00. The van der Waals surface area contributed by atoms with E-state index in [1.165, 1.54) is 4.89 Å². The van der Waals surface area contributed by atoms with Crippen LogP contribution in [0.15, 0.2) is 0 Å². The topological polar surface area (TPSA) is 98.5 Å². The molecule has 0 rings (SSSR count). The van der Waals surface area contributed by atoms with Crippen molar-refractivity contribution in [2.75, 3.05) is 7.11 Å². The molecule has 0 aliphatic rings. The average molecular weight is 156 g/mol. The van der Waals surface area contributed by atoms with Crippen LogP contribution in [-0.2, 0) is 15.0 Å². The van der Waals surface area contributed by atoms with Crippen LogP contribution in [0.2, 0.25) is 0 Å². The van der Waals surface area contributed by atoms with E-state index in [4.69, 9.17) is 0 Å². The van der Waals surface area contributed by atoms with Gasteiger partial charge in [-0.25, -0.2) is 10.1 Å². The third kappa shape index (κ3) is 2.35. The first-order valence-electron chi connectivity index (χ1n) is 1.70. The fourth-order valence-corrected chi connectivity index (χ4v) is 0.407. The highest BCUT2D eigenvalue weighted by atomic mass is 32.2. The lowest BCUT2D eigenvalue weighted by molar-refractivity contribution is -0.311. The third-order valence-corrected chi connectivity index (χ3v) is 1.15. The van der Waals surface area contributed by atoms with E-state index in [9.17, 15) is 18.5 Å². The molecule has 0 bridgehead atoms. The summed E-state index contributed by atoms with van der Waals surface area (Å²) in [6, 6.07) is 0. The molecule has 0 radical (unpaired) electrons. The van der Waals surface area contributed by atoms with Gasteiger partial charge in [0.15, 0.2) is 4.33 Å². The summed E-state index contributed by atoms with van der Waals surface area (Å²) in [6.45, 7) is 0. The molecule has 9 heavy (non-hydrogen) atoms.